The number of aromatic nitrogens is 4. The van der Waals surface area contributed by atoms with Gasteiger partial charge in [0.2, 0.25) is 5.91 Å². The molecule has 1 saturated heterocycles. The molecular weight excluding hydrogens is 282 g/mol. The SMILES string of the molecule is N#CCC(=O)N1CCN(n2cnc3cnc4[nH]ccc4c32)C1. The molecule has 0 aliphatic carbocycles. The van der Waals surface area contributed by atoms with Gasteiger partial charge in [-0.15, -0.1) is 0 Å². The first-order valence-corrected chi connectivity index (χ1v) is 6.97. The molecule has 110 valence electrons. The van der Waals surface area contributed by atoms with Gasteiger partial charge in [-0.25, -0.2) is 14.6 Å². The molecule has 4 heterocycles. The molecule has 0 bridgehead atoms. The third kappa shape index (κ3) is 1.79. The normalized spacial score (nSPS) is 14.9. The summed E-state index contributed by atoms with van der Waals surface area (Å²) >= 11 is 0. The lowest BCUT2D eigenvalue weighted by molar-refractivity contribution is -0.129. The number of aromatic amines is 1. The first-order chi connectivity index (χ1) is 10.8. The lowest BCUT2D eigenvalue weighted by Crippen LogP contribution is -2.35. The minimum atomic E-state index is -0.136. The zero-order chi connectivity index (χ0) is 15.1. The summed E-state index contributed by atoms with van der Waals surface area (Å²) in [6.45, 7) is 1.78. The zero-order valence-corrected chi connectivity index (χ0v) is 11.7. The predicted molar refractivity (Wildman–Crippen MR) is 79.3 cm³/mol. The Morgan fingerprint density at radius 2 is 2.32 bits per heavy atom. The Balaban J connectivity index is 1.72. The van der Waals surface area contributed by atoms with Crippen molar-refractivity contribution in [3.8, 4) is 6.07 Å². The largest absolute Gasteiger partial charge is 0.346 e. The van der Waals surface area contributed by atoms with Crippen LogP contribution >= 0.6 is 0 Å². The molecule has 1 fully saturated rings. The van der Waals surface area contributed by atoms with Gasteiger partial charge in [0.25, 0.3) is 0 Å². The van der Waals surface area contributed by atoms with E-state index >= 15 is 0 Å². The lowest BCUT2D eigenvalue weighted by Gasteiger charge is -2.21. The van der Waals surface area contributed by atoms with Gasteiger partial charge in [-0.1, -0.05) is 0 Å². The van der Waals surface area contributed by atoms with E-state index in [0.29, 0.717) is 19.8 Å². The van der Waals surface area contributed by atoms with Crippen molar-refractivity contribution < 1.29 is 4.79 Å². The summed E-state index contributed by atoms with van der Waals surface area (Å²) in [6, 6.07) is 3.87. The molecule has 3 aromatic heterocycles. The molecule has 1 amide bonds. The van der Waals surface area contributed by atoms with Crippen LogP contribution < -0.4 is 5.01 Å². The Morgan fingerprint density at radius 1 is 1.41 bits per heavy atom. The second kappa shape index (κ2) is 4.73. The van der Waals surface area contributed by atoms with Crippen LogP contribution in [0.1, 0.15) is 6.42 Å². The molecule has 1 aliphatic rings. The van der Waals surface area contributed by atoms with Crippen molar-refractivity contribution in [1.29, 1.82) is 5.26 Å². The highest BCUT2D eigenvalue weighted by molar-refractivity contribution is 6.01. The standard InChI is InChI=1S/C14H13N7O/c15-3-1-12(22)19-5-6-20(9-19)21-8-18-11-7-17-14-10(13(11)21)2-4-16-14/h2,4,7-8H,1,5-6,9H2,(H,16,17). The van der Waals surface area contributed by atoms with Gasteiger partial charge in [-0.2, -0.15) is 5.26 Å². The maximum Gasteiger partial charge on any atom is 0.238 e. The molecule has 1 N–H and O–H groups in total. The topological polar surface area (TPSA) is 93.8 Å². The number of carbonyl (C=O) groups is 1. The number of carbonyl (C=O) groups excluding carboxylic acids is 1. The number of fused-ring (bicyclic) bond motifs is 3. The highest BCUT2D eigenvalue weighted by Crippen LogP contribution is 2.23. The summed E-state index contributed by atoms with van der Waals surface area (Å²) in [6.07, 6.45) is 5.25. The lowest BCUT2D eigenvalue weighted by atomic mass is 10.3. The molecule has 4 rings (SSSR count). The monoisotopic (exact) mass is 295 g/mol. The summed E-state index contributed by atoms with van der Waals surface area (Å²) in [7, 11) is 0. The van der Waals surface area contributed by atoms with Gasteiger partial charge in [0, 0.05) is 18.1 Å². The van der Waals surface area contributed by atoms with Crippen molar-refractivity contribution >= 4 is 28.0 Å². The molecule has 0 radical (unpaired) electrons. The van der Waals surface area contributed by atoms with E-state index < -0.39 is 0 Å². The average Bonchev–Trinajstić information content (AvgIpc) is 3.24. The number of H-pyrrole nitrogens is 1. The van der Waals surface area contributed by atoms with Crippen molar-refractivity contribution in [3.05, 3.63) is 24.8 Å². The van der Waals surface area contributed by atoms with Crippen LogP contribution in [0.15, 0.2) is 24.8 Å². The van der Waals surface area contributed by atoms with E-state index in [1.54, 1.807) is 17.4 Å². The minimum absolute atomic E-state index is 0.0789. The van der Waals surface area contributed by atoms with Gasteiger partial charge in [-0.05, 0) is 6.07 Å². The smallest absolute Gasteiger partial charge is 0.238 e. The Bertz CT molecular complexity index is 903. The number of pyridine rings is 1. The van der Waals surface area contributed by atoms with Gasteiger partial charge in [-0.3, -0.25) is 9.80 Å². The number of hydrogen-bond acceptors (Lipinski definition) is 5. The van der Waals surface area contributed by atoms with E-state index in [0.717, 1.165) is 22.1 Å². The van der Waals surface area contributed by atoms with Gasteiger partial charge in [0.15, 0.2) is 0 Å². The fourth-order valence-electron chi connectivity index (χ4n) is 2.84. The number of hydrogen-bond donors (Lipinski definition) is 1. The number of imidazole rings is 1. The maximum absolute atomic E-state index is 11.8. The third-order valence-electron chi connectivity index (χ3n) is 3.92. The van der Waals surface area contributed by atoms with Gasteiger partial charge in [0.05, 0.1) is 18.8 Å². The molecule has 3 aromatic rings. The molecule has 0 atom stereocenters. The van der Waals surface area contributed by atoms with Crippen molar-refractivity contribution in [2.75, 3.05) is 24.8 Å². The van der Waals surface area contributed by atoms with Crippen LogP contribution in [0.5, 0.6) is 0 Å². The Morgan fingerprint density at radius 3 is 3.18 bits per heavy atom. The summed E-state index contributed by atoms with van der Waals surface area (Å²) < 4.78 is 1.97. The van der Waals surface area contributed by atoms with Crippen molar-refractivity contribution in [3.63, 3.8) is 0 Å². The van der Waals surface area contributed by atoms with E-state index in [1.165, 1.54) is 0 Å². The first-order valence-electron chi connectivity index (χ1n) is 6.97. The molecule has 0 saturated carbocycles. The summed E-state index contributed by atoms with van der Waals surface area (Å²) in [5.41, 5.74) is 2.60. The fraction of sp³-hybridized carbons (Fsp3) is 0.286. The molecule has 0 aromatic carbocycles. The summed E-state index contributed by atoms with van der Waals surface area (Å²) in [5, 5.41) is 11.7. The highest BCUT2D eigenvalue weighted by Gasteiger charge is 2.25. The van der Waals surface area contributed by atoms with Crippen LogP contribution in [-0.2, 0) is 4.79 Å². The number of amides is 1. The molecule has 8 nitrogen and oxygen atoms in total. The molecule has 0 spiro atoms. The van der Waals surface area contributed by atoms with Gasteiger partial charge < -0.3 is 9.88 Å². The Labute approximate surface area is 125 Å². The fourth-order valence-corrected chi connectivity index (χ4v) is 2.84. The zero-order valence-electron chi connectivity index (χ0n) is 11.7. The second-order valence-electron chi connectivity index (χ2n) is 5.18. The van der Waals surface area contributed by atoms with Crippen LogP contribution in [0, 0.1) is 11.3 Å². The second-order valence-corrected chi connectivity index (χ2v) is 5.18. The van der Waals surface area contributed by atoms with E-state index in [-0.39, 0.29) is 12.3 Å². The van der Waals surface area contributed by atoms with Crippen LogP contribution in [0.4, 0.5) is 0 Å². The van der Waals surface area contributed by atoms with Crippen LogP contribution in [0.2, 0.25) is 0 Å². The molecule has 22 heavy (non-hydrogen) atoms. The van der Waals surface area contributed by atoms with E-state index in [9.17, 15) is 4.79 Å². The Hall–Kier alpha value is -3.08. The average molecular weight is 295 g/mol. The number of rotatable bonds is 2. The van der Waals surface area contributed by atoms with Gasteiger partial charge in [0.1, 0.15) is 36.1 Å². The number of nitrogens with one attached hydrogen (secondary N) is 1. The predicted octanol–water partition coefficient (Wildman–Crippen LogP) is 0.564. The van der Waals surface area contributed by atoms with Crippen LogP contribution in [-0.4, -0.2) is 50.2 Å². The van der Waals surface area contributed by atoms with E-state index in [4.69, 9.17) is 5.26 Å². The summed E-state index contributed by atoms with van der Waals surface area (Å²) in [5.74, 6) is -0.136. The van der Waals surface area contributed by atoms with E-state index in [2.05, 4.69) is 15.0 Å². The number of nitrogens with zero attached hydrogens (tertiary/aromatic N) is 6. The van der Waals surface area contributed by atoms with Crippen LogP contribution in [0.3, 0.4) is 0 Å². The molecular formula is C14H13N7O. The Kier molecular flexibility index (Phi) is 2.72. The molecule has 8 heteroatoms. The highest BCUT2D eigenvalue weighted by atomic mass is 16.2. The maximum atomic E-state index is 11.8. The number of nitriles is 1. The molecule has 0 unspecified atom stereocenters. The van der Waals surface area contributed by atoms with E-state index in [1.807, 2.05) is 28.0 Å². The first kappa shape index (κ1) is 12.6. The minimum Gasteiger partial charge on any atom is -0.346 e. The van der Waals surface area contributed by atoms with Crippen molar-refractivity contribution in [1.82, 2.24) is 24.5 Å². The third-order valence-corrected chi connectivity index (χ3v) is 3.92. The van der Waals surface area contributed by atoms with Crippen LogP contribution in [0.25, 0.3) is 22.1 Å². The molecule has 1 aliphatic heterocycles. The quantitative estimate of drug-likeness (QED) is 0.745. The van der Waals surface area contributed by atoms with Gasteiger partial charge >= 0.3 is 0 Å². The van der Waals surface area contributed by atoms with Crippen molar-refractivity contribution in [2.45, 2.75) is 6.42 Å². The van der Waals surface area contributed by atoms with Crippen molar-refractivity contribution in [2.24, 2.45) is 0 Å². The summed E-state index contributed by atoms with van der Waals surface area (Å²) in [4.78, 5) is 25.3.